The number of rotatable bonds is 4. The first-order chi connectivity index (χ1) is 12.8. The van der Waals surface area contributed by atoms with E-state index in [0.29, 0.717) is 40.3 Å². The van der Waals surface area contributed by atoms with Gasteiger partial charge in [-0.3, -0.25) is 14.9 Å². The molecular weight excluding hydrogens is 367 g/mol. The number of likely N-dealkylation sites (tertiary alicyclic amines) is 1. The second-order valence-electron chi connectivity index (χ2n) is 7.15. The highest BCUT2D eigenvalue weighted by atomic mass is 32.2. The summed E-state index contributed by atoms with van der Waals surface area (Å²) in [4.78, 5) is 26.8. The molecule has 0 aliphatic carbocycles. The van der Waals surface area contributed by atoms with Crippen LogP contribution >= 0.6 is 11.8 Å². The summed E-state index contributed by atoms with van der Waals surface area (Å²) in [5, 5.41) is 11.5. The van der Waals surface area contributed by atoms with Crippen molar-refractivity contribution in [1.29, 1.82) is 0 Å². The number of halogens is 1. The molecule has 1 saturated heterocycles. The molecule has 7 heteroatoms. The van der Waals surface area contributed by atoms with Gasteiger partial charge in [0.15, 0.2) is 0 Å². The predicted molar refractivity (Wildman–Crippen MR) is 102 cm³/mol. The van der Waals surface area contributed by atoms with Crippen LogP contribution in [0.25, 0.3) is 0 Å². The van der Waals surface area contributed by atoms with E-state index in [2.05, 4.69) is 13.8 Å². The molecule has 5 nitrogen and oxygen atoms in total. The maximum absolute atomic E-state index is 13.0. The highest BCUT2D eigenvalue weighted by Crippen LogP contribution is 2.36. The van der Waals surface area contributed by atoms with Crippen LogP contribution in [0, 0.1) is 27.8 Å². The lowest BCUT2D eigenvalue weighted by Crippen LogP contribution is -2.42. The SMILES string of the molecule is C[C@@H]1C[C@@H](C)CN(C(=O)c2ccc(Sc3ccc(F)cc3)c([N+](=O)[O-])c2)C1. The lowest BCUT2D eigenvalue weighted by atomic mass is 9.91. The van der Waals surface area contributed by atoms with Crippen LogP contribution in [0.3, 0.4) is 0 Å². The number of nitrogens with zero attached hydrogens (tertiary/aromatic N) is 2. The second kappa shape index (κ2) is 8.08. The summed E-state index contributed by atoms with van der Waals surface area (Å²) in [5.74, 6) is 0.302. The fourth-order valence-corrected chi connectivity index (χ4v) is 4.42. The molecule has 2 aromatic rings. The highest BCUT2D eigenvalue weighted by Gasteiger charge is 2.27. The zero-order valence-electron chi connectivity index (χ0n) is 15.2. The van der Waals surface area contributed by atoms with Gasteiger partial charge in [0.05, 0.1) is 9.82 Å². The van der Waals surface area contributed by atoms with Gasteiger partial charge in [-0.2, -0.15) is 0 Å². The van der Waals surface area contributed by atoms with Crippen molar-refractivity contribution in [2.75, 3.05) is 13.1 Å². The number of piperidine rings is 1. The molecule has 0 aromatic heterocycles. The zero-order chi connectivity index (χ0) is 19.6. The number of hydrogen-bond acceptors (Lipinski definition) is 4. The quantitative estimate of drug-likeness (QED) is 0.546. The Bertz CT molecular complexity index is 847. The molecule has 2 atom stereocenters. The van der Waals surface area contributed by atoms with Gasteiger partial charge in [-0.1, -0.05) is 25.6 Å². The number of amides is 1. The van der Waals surface area contributed by atoms with E-state index in [9.17, 15) is 19.3 Å². The van der Waals surface area contributed by atoms with Crippen molar-refractivity contribution in [2.24, 2.45) is 11.8 Å². The van der Waals surface area contributed by atoms with Crippen LogP contribution in [0.5, 0.6) is 0 Å². The standard InChI is InChI=1S/C20H21FN2O3S/c1-13-9-14(2)12-22(11-13)20(24)15-3-8-19(18(10-15)23(25)26)27-17-6-4-16(21)5-7-17/h3-8,10,13-14H,9,11-12H2,1-2H3/t13-,14-/m1/s1. The minimum Gasteiger partial charge on any atom is -0.338 e. The number of nitro benzene ring substituents is 1. The summed E-state index contributed by atoms with van der Waals surface area (Å²) in [5.41, 5.74) is 0.208. The molecule has 27 heavy (non-hydrogen) atoms. The lowest BCUT2D eigenvalue weighted by molar-refractivity contribution is -0.387. The van der Waals surface area contributed by atoms with Gasteiger partial charge in [0.25, 0.3) is 11.6 Å². The molecule has 0 saturated carbocycles. The topological polar surface area (TPSA) is 63.5 Å². The van der Waals surface area contributed by atoms with E-state index < -0.39 is 4.92 Å². The van der Waals surface area contributed by atoms with Crippen molar-refractivity contribution in [2.45, 2.75) is 30.1 Å². The molecule has 0 N–H and O–H groups in total. The van der Waals surface area contributed by atoms with Crippen LogP contribution < -0.4 is 0 Å². The maximum atomic E-state index is 13.0. The Morgan fingerprint density at radius 2 is 1.78 bits per heavy atom. The third-order valence-corrected chi connectivity index (χ3v) is 5.67. The predicted octanol–water partition coefficient (Wildman–Crippen LogP) is 5.00. The molecule has 1 fully saturated rings. The third kappa shape index (κ3) is 4.66. The Morgan fingerprint density at radius 3 is 2.37 bits per heavy atom. The van der Waals surface area contributed by atoms with E-state index in [1.165, 1.54) is 30.0 Å². The summed E-state index contributed by atoms with van der Waals surface area (Å²) in [6.07, 6.45) is 1.08. The minimum absolute atomic E-state index is 0.117. The van der Waals surface area contributed by atoms with E-state index in [0.717, 1.165) is 6.42 Å². The molecule has 1 amide bonds. The first kappa shape index (κ1) is 19.4. The molecule has 1 heterocycles. The smallest absolute Gasteiger partial charge is 0.284 e. The van der Waals surface area contributed by atoms with Crippen molar-refractivity contribution < 1.29 is 14.1 Å². The third-order valence-electron chi connectivity index (χ3n) is 4.60. The fraction of sp³-hybridized carbons (Fsp3) is 0.350. The molecule has 0 spiro atoms. The monoisotopic (exact) mass is 388 g/mol. The van der Waals surface area contributed by atoms with Crippen molar-refractivity contribution in [3.05, 3.63) is 64.0 Å². The Labute approximate surface area is 161 Å². The molecule has 0 bridgehead atoms. The summed E-state index contributed by atoms with van der Waals surface area (Å²) in [6.45, 7) is 5.56. The first-order valence-corrected chi connectivity index (χ1v) is 9.66. The molecule has 3 rings (SSSR count). The average Bonchev–Trinajstić information content (AvgIpc) is 2.62. The van der Waals surface area contributed by atoms with Crippen LogP contribution in [0.4, 0.5) is 10.1 Å². The van der Waals surface area contributed by atoms with Crippen molar-refractivity contribution in [3.63, 3.8) is 0 Å². The molecule has 2 aromatic carbocycles. The van der Waals surface area contributed by atoms with Crippen LogP contribution in [-0.4, -0.2) is 28.8 Å². The Balaban J connectivity index is 1.85. The van der Waals surface area contributed by atoms with E-state index in [1.54, 1.807) is 29.2 Å². The largest absolute Gasteiger partial charge is 0.338 e. The number of carbonyl (C=O) groups is 1. The van der Waals surface area contributed by atoms with Gasteiger partial charge < -0.3 is 4.90 Å². The maximum Gasteiger partial charge on any atom is 0.284 e. The first-order valence-electron chi connectivity index (χ1n) is 8.84. The van der Waals surface area contributed by atoms with E-state index in [-0.39, 0.29) is 17.4 Å². The van der Waals surface area contributed by atoms with Gasteiger partial charge >= 0.3 is 0 Å². The average molecular weight is 388 g/mol. The number of hydrogen-bond donors (Lipinski definition) is 0. The fourth-order valence-electron chi connectivity index (χ4n) is 3.52. The van der Waals surface area contributed by atoms with Gasteiger partial charge in [0.2, 0.25) is 0 Å². The number of carbonyl (C=O) groups excluding carboxylic acids is 1. The van der Waals surface area contributed by atoms with Crippen molar-refractivity contribution in [1.82, 2.24) is 4.90 Å². The van der Waals surface area contributed by atoms with Crippen LogP contribution in [0.1, 0.15) is 30.6 Å². The second-order valence-corrected chi connectivity index (χ2v) is 8.27. The normalized spacial score (nSPS) is 19.7. The Hall–Kier alpha value is -2.41. The summed E-state index contributed by atoms with van der Waals surface area (Å²) in [7, 11) is 0. The highest BCUT2D eigenvalue weighted by molar-refractivity contribution is 7.99. The Morgan fingerprint density at radius 1 is 1.15 bits per heavy atom. The Kier molecular flexibility index (Phi) is 5.79. The summed E-state index contributed by atoms with van der Waals surface area (Å²) < 4.78 is 13.0. The molecule has 142 valence electrons. The summed E-state index contributed by atoms with van der Waals surface area (Å²) >= 11 is 1.17. The molecule has 0 radical (unpaired) electrons. The summed E-state index contributed by atoms with van der Waals surface area (Å²) in [6, 6.07) is 10.3. The number of nitro groups is 1. The van der Waals surface area contributed by atoms with E-state index in [1.807, 2.05) is 0 Å². The molecular formula is C20H21FN2O3S. The molecule has 1 aliphatic heterocycles. The zero-order valence-corrected chi connectivity index (χ0v) is 16.0. The van der Waals surface area contributed by atoms with Gasteiger partial charge in [0.1, 0.15) is 5.82 Å². The molecule has 1 aliphatic rings. The molecule has 0 unspecified atom stereocenters. The van der Waals surface area contributed by atoms with Crippen LogP contribution in [-0.2, 0) is 0 Å². The van der Waals surface area contributed by atoms with Crippen molar-refractivity contribution >= 4 is 23.4 Å². The lowest BCUT2D eigenvalue weighted by Gasteiger charge is -2.35. The van der Waals surface area contributed by atoms with Crippen LogP contribution in [0.2, 0.25) is 0 Å². The van der Waals surface area contributed by atoms with Crippen LogP contribution in [0.15, 0.2) is 52.3 Å². The van der Waals surface area contributed by atoms with Gasteiger partial charge in [-0.15, -0.1) is 0 Å². The minimum atomic E-state index is -0.482. The van der Waals surface area contributed by atoms with E-state index >= 15 is 0 Å². The van der Waals surface area contributed by atoms with Gasteiger partial charge in [-0.05, 0) is 54.7 Å². The van der Waals surface area contributed by atoms with Gasteiger partial charge in [-0.25, -0.2) is 4.39 Å². The van der Waals surface area contributed by atoms with Gasteiger partial charge in [0, 0.05) is 29.6 Å². The van der Waals surface area contributed by atoms with Crippen molar-refractivity contribution in [3.8, 4) is 0 Å². The van der Waals surface area contributed by atoms with E-state index in [4.69, 9.17) is 0 Å². The number of benzene rings is 2.